The molecule has 0 spiro atoms. The highest BCUT2D eigenvalue weighted by atomic mass is 19.1. The molecule has 3 N–H and O–H groups in total. The van der Waals surface area contributed by atoms with Crippen molar-refractivity contribution in [2.24, 2.45) is 5.73 Å². The maximum Gasteiger partial charge on any atom is 0.257 e. The van der Waals surface area contributed by atoms with E-state index >= 15 is 0 Å². The fourth-order valence-electron chi connectivity index (χ4n) is 2.41. The number of primary amides is 1. The molecule has 2 rings (SSSR count). The summed E-state index contributed by atoms with van der Waals surface area (Å²) in [5, 5.41) is 10.2. The number of fused-ring (bicyclic) bond motifs is 1. The first-order valence-corrected chi connectivity index (χ1v) is 6.42. The van der Waals surface area contributed by atoms with Gasteiger partial charge in [0.15, 0.2) is 6.23 Å². The van der Waals surface area contributed by atoms with E-state index in [1.54, 1.807) is 0 Å². The monoisotopic (exact) mass is 294 g/mol. The van der Waals surface area contributed by atoms with Gasteiger partial charge in [0.1, 0.15) is 17.6 Å². The van der Waals surface area contributed by atoms with Crippen LogP contribution in [0.4, 0.5) is 4.39 Å². The number of halogens is 1. The molecule has 1 aromatic rings. The molecular weight excluding hydrogens is 279 g/mol. The smallest absolute Gasteiger partial charge is 0.257 e. The molecule has 21 heavy (non-hydrogen) atoms. The van der Waals surface area contributed by atoms with Crippen molar-refractivity contribution in [1.29, 1.82) is 0 Å². The number of hydrogen-bond acceptors (Lipinski definition) is 4. The minimum atomic E-state index is -1.45. The highest BCUT2D eigenvalue weighted by Crippen LogP contribution is 2.34. The Morgan fingerprint density at radius 3 is 2.71 bits per heavy atom. The second-order valence-electron chi connectivity index (χ2n) is 4.98. The number of aliphatic hydroxyl groups excluding tert-OH is 1. The molecule has 0 saturated carbocycles. The Hall–Kier alpha value is -2.28. The lowest BCUT2D eigenvalue weighted by molar-refractivity contribution is -0.126. The molecule has 0 radical (unpaired) electrons. The molecule has 2 unspecified atom stereocenters. The SMILES string of the molecule is CC(=O)CCC(C(N)=O)N1C(=O)c2ccc(F)cc2C1O. The zero-order valence-electron chi connectivity index (χ0n) is 11.4. The number of carbonyl (C=O) groups excluding carboxylic acids is 3. The quantitative estimate of drug-likeness (QED) is 0.825. The Kier molecular flexibility index (Phi) is 4.04. The summed E-state index contributed by atoms with van der Waals surface area (Å²) < 4.78 is 13.2. The molecular formula is C14H15FN2O4. The molecule has 1 aliphatic heterocycles. The van der Waals surface area contributed by atoms with Crippen LogP contribution in [0.3, 0.4) is 0 Å². The zero-order valence-corrected chi connectivity index (χ0v) is 11.4. The number of nitrogens with zero attached hydrogens (tertiary/aromatic N) is 1. The third-order valence-electron chi connectivity index (χ3n) is 3.45. The summed E-state index contributed by atoms with van der Waals surface area (Å²) in [6.45, 7) is 1.35. The molecule has 0 fully saturated rings. The fourth-order valence-corrected chi connectivity index (χ4v) is 2.41. The van der Waals surface area contributed by atoms with Crippen molar-refractivity contribution in [3.8, 4) is 0 Å². The maximum atomic E-state index is 13.2. The van der Waals surface area contributed by atoms with E-state index in [2.05, 4.69) is 0 Å². The third-order valence-corrected chi connectivity index (χ3v) is 3.45. The molecule has 0 aliphatic carbocycles. The van der Waals surface area contributed by atoms with Crippen LogP contribution in [0.1, 0.15) is 41.9 Å². The molecule has 0 saturated heterocycles. The Balaban J connectivity index is 2.33. The lowest BCUT2D eigenvalue weighted by Gasteiger charge is -2.28. The van der Waals surface area contributed by atoms with Crippen molar-refractivity contribution in [1.82, 2.24) is 4.90 Å². The van der Waals surface area contributed by atoms with Crippen LogP contribution in [0.5, 0.6) is 0 Å². The molecule has 6 nitrogen and oxygen atoms in total. The number of Topliss-reactive ketones (excluding diaryl/α,β-unsaturated/α-hetero) is 1. The van der Waals surface area contributed by atoms with Gasteiger partial charge in [-0.2, -0.15) is 0 Å². The Morgan fingerprint density at radius 2 is 2.14 bits per heavy atom. The van der Waals surface area contributed by atoms with Gasteiger partial charge in [-0.25, -0.2) is 4.39 Å². The number of amides is 2. The van der Waals surface area contributed by atoms with Crippen molar-refractivity contribution in [2.75, 3.05) is 0 Å². The summed E-state index contributed by atoms with van der Waals surface area (Å²) in [7, 11) is 0. The number of carbonyl (C=O) groups is 3. The Bertz CT molecular complexity index is 617. The summed E-state index contributed by atoms with van der Waals surface area (Å²) in [5.41, 5.74) is 5.48. The van der Waals surface area contributed by atoms with Gasteiger partial charge in [0.2, 0.25) is 5.91 Å². The van der Waals surface area contributed by atoms with E-state index < -0.39 is 29.9 Å². The van der Waals surface area contributed by atoms with E-state index in [9.17, 15) is 23.9 Å². The van der Waals surface area contributed by atoms with Crippen molar-refractivity contribution < 1.29 is 23.9 Å². The lowest BCUT2D eigenvalue weighted by atomic mass is 10.1. The summed E-state index contributed by atoms with van der Waals surface area (Å²) in [5.74, 6) is -2.19. The Labute approximate surface area is 120 Å². The molecule has 1 heterocycles. The molecule has 0 bridgehead atoms. The van der Waals surface area contributed by atoms with Gasteiger partial charge in [-0.3, -0.25) is 14.5 Å². The molecule has 0 aromatic heterocycles. The van der Waals surface area contributed by atoms with Crippen molar-refractivity contribution >= 4 is 17.6 Å². The van der Waals surface area contributed by atoms with E-state index in [1.807, 2.05) is 0 Å². The summed E-state index contributed by atoms with van der Waals surface area (Å²) in [6.07, 6.45) is -1.38. The standard InChI is InChI=1S/C14H15FN2O4/c1-7(18)2-5-11(12(16)19)17-13(20)9-4-3-8(15)6-10(9)14(17)21/h3-4,6,11,14,21H,2,5H2,1H3,(H2,16,19). The highest BCUT2D eigenvalue weighted by Gasteiger charge is 2.41. The van der Waals surface area contributed by atoms with Crippen LogP contribution in [0, 0.1) is 5.82 Å². The van der Waals surface area contributed by atoms with E-state index in [-0.39, 0.29) is 29.8 Å². The van der Waals surface area contributed by atoms with Crippen molar-refractivity contribution in [3.05, 3.63) is 35.1 Å². The van der Waals surface area contributed by atoms with Gasteiger partial charge in [-0.1, -0.05) is 0 Å². The van der Waals surface area contributed by atoms with Crippen LogP contribution in [0.15, 0.2) is 18.2 Å². The predicted octanol–water partition coefficient (Wildman–Crippen LogP) is 0.495. The number of ketones is 1. The van der Waals surface area contributed by atoms with Crippen LogP contribution in [0.2, 0.25) is 0 Å². The summed E-state index contributed by atoms with van der Waals surface area (Å²) >= 11 is 0. The minimum Gasteiger partial charge on any atom is -0.369 e. The average Bonchev–Trinajstić information content (AvgIpc) is 2.63. The van der Waals surface area contributed by atoms with Gasteiger partial charge in [0.25, 0.3) is 5.91 Å². The van der Waals surface area contributed by atoms with E-state index in [1.165, 1.54) is 13.0 Å². The van der Waals surface area contributed by atoms with Crippen molar-refractivity contribution in [2.45, 2.75) is 32.0 Å². The topological polar surface area (TPSA) is 101 Å². The third kappa shape index (κ3) is 2.78. The first kappa shape index (κ1) is 15.1. The predicted molar refractivity (Wildman–Crippen MR) is 70.4 cm³/mol. The van der Waals surface area contributed by atoms with Crippen LogP contribution in [-0.2, 0) is 9.59 Å². The Morgan fingerprint density at radius 1 is 1.48 bits per heavy atom. The molecule has 2 amide bonds. The van der Waals surface area contributed by atoms with E-state index in [0.717, 1.165) is 17.0 Å². The van der Waals surface area contributed by atoms with Gasteiger partial charge in [0, 0.05) is 17.5 Å². The lowest BCUT2D eigenvalue weighted by Crippen LogP contribution is -2.46. The minimum absolute atomic E-state index is 0.0178. The molecule has 7 heteroatoms. The van der Waals surface area contributed by atoms with Gasteiger partial charge >= 0.3 is 0 Å². The van der Waals surface area contributed by atoms with E-state index in [0.29, 0.717) is 0 Å². The van der Waals surface area contributed by atoms with Gasteiger partial charge in [-0.15, -0.1) is 0 Å². The second-order valence-corrected chi connectivity index (χ2v) is 4.98. The van der Waals surface area contributed by atoms with Crippen LogP contribution in [-0.4, -0.2) is 33.6 Å². The summed E-state index contributed by atoms with van der Waals surface area (Å²) in [4.78, 5) is 35.7. The number of benzene rings is 1. The maximum absolute atomic E-state index is 13.2. The highest BCUT2D eigenvalue weighted by molar-refractivity contribution is 6.01. The van der Waals surface area contributed by atoms with Crippen LogP contribution >= 0.6 is 0 Å². The first-order chi connectivity index (χ1) is 9.82. The first-order valence-electron chi connectivity index (χ1n) is 6.42. The van der Waals surface area contributed by atoms with Crippen LogP contribution < -0.4 is 5.73 Å². The molecule has 1 aromatic carbocycles. The molecule has 2 atom stereocenters. The largest absolute Gasteiger partial charge is 0.369 e. The fraction of sp³-hybridized carbons (Fsp3) is 0.357. The number of aliphatic hydroxyl groups is 1. The van der Waals surface area contributed by atoms with Gasteiger partial charge in [0.05, 0.1) is 0 Å². The van der Waals surface area contributed by atoms with Crippen LogP contribution in [0.25, 0.3) is 0 Å². The number of rotatable bonds is 5. The normalized spacial score (nSPS) is 18.5. The van der Waals surface area contributed by atoms with Gasteiger partial charge < -0.3 is 15.6 Å². The summed E-state index contributed by atoms with van der Waals surface area (Å²) in [6, 6.07) is 2.27. The van der Waals surface area contributed by atoms with E-state index in [4.69, 9.17) is 5.73 Å². The molecule has 1 aliphatic rings. The second kappa shape index (κ2) is 5.61. The molecule has 112 valence electrons. The zero-order chi connectivity index (χ0) is 15.7. The average molecular weight is 294 g/mol. The van der Waals surface area contributed by atoms with Crippen molar-refractivity contribution in [3.63, 3.8) is 0 Å². The number of nitrogens with two attached hydrogens (primary N) is 1. The van der Waals surface area contributed by atoms with Gasteiger partial charge in [-0.05, 0) is 31.5 Å². The number of hydrogen-bond donors (Lipinski definition) is 2.